The molecule has 1 aromatic heterocycles. The third-order valence-electron chi connectivity index (χ3n) is 4.43. The zero-order valence-electron chi connectivity index (χ0n) is 13.2. The van der Waals surface area contributed by atoms with E-state index in [2.05, 4.69) is 5.32 Å². The van der Waals surface area contributed by atoms with E-state index < -0.39 is 16.0 Å². The van der Waals surface area contributed by atoms with Crippen molar-refractivity contribution in [2.75, 3.05) is 45.9 Å². The molecule has 0 radical (unpaired) electrons. The molecule has 0 aromatic carbocycles. The van der Waals surface area contributed by atoms with Gasteiger partial charge in [0.05, 0.1) is 12.2 Å². The van der Waals surface area contributed by atoms with E-state index in [0.29, 0.717) is 57.8 Å². The number of sulfonamides is 1. The minimum Gasteiger partial charge on any atom is -0.478 e. The maximum atomic E-state index is 13.0. The lowest BCUT2D eigenvalue weighted by Gasteiger charge is -2.33. The Kier molecular flexibility index (Phi) is 5.23. The van der Waals surface area contributed by atoms with E-state index >= 15 is 0 Å². The van der Waals surface area contributed by atoms with Gasteiger partial charge in [-0.05, 0) is 18.5 Å². The second-order valence-electron chi connectivity index (χ2n) is 5.87. The topological polar surface area (TPSA) is 110 Å². The zero-order chi connectivity index (χ0) is 17.3. The summed E-state index contributed by atoms with van der Waals surface area (Å²) in [5.74, 6) is -1.17. The van der Waals surface area contributed by atoms with Crippen LogP contribution in [0.5, 0.6) is 0 Å². The highest BCUT2D eigenvalue weighted by atomic mass is 32.2. The van der Waals surface area contributed by atoms with Crippen LogP contribution < -0.4 is 5.32 Å². The number of aliphatic hydroxyl groups excluding tert-OH is 1. The minimum absolute atomic E-state index is 0.0422. The van der Waals surface area contributed by atoms with E-state index in [0.717, 1.165) is 16.2 Å². The zero-order valence-corrected chi connectivity index (χ0v) is 14.8. The van der Waals surface area contributed by atoms with Gasteiger partial charge in [-0.1, -0.05) is 0 Å². The van der Waals surface area contributed by atoms with Gasteiger partial charge in [-0.15, -0.1) is 11.3 Å². The lowest BCUT2D eigenvalue weighted by Crippen LogP contribution is -2.49. The Morgan fingerprint density at radius 2 is 1.96 bits per heavy atom. The first-order valence-electron chi connectivity index (χ1n) is 7.87. The van der Waals surface area contributed by atoms with Crippen LogP contribution in [0.1, 0.15) is 20.8 Å². The molecule has 3 heterocycles. The molecule has 1 fully saturated rings. The van der Waals surface area contributed by atoms with Gasteiger partial charge < -0.3 is 15.5 Å². The van der Waals surface area contributed by atoms with Crippen LogP contribution in [0.2, 0.25) is 0 Å². The highest BCUT2D eigenvalue weighted by Gasteiger charge is 2.36. The maximum absolute atomic E-state index is 13.0. The number of piperazine rings is 1. The lowest BCUT2D eigenvalue weighted by atomic mass is 10.1. The number of carboxylic acids is 1. The van der Waals surface area contributed by atoms with Gasteiger partial charge in [0.2, 0.25) is 0 Å². The smallest absolute Gasteiger partial charge is 0.338 e. The molecule has 0 aliphatic carbocycles. The van der Waals surface area contributed by atoms with E-state index in [-0.39, 0.29) is 16.4 Å². The molecule has 3 rings (SSSR count). The molecule has 10 heteroatoms. The highest BCUT2D eigenvalue weighted by Crippen LogP contribution is 2.36. The van der Waals surface area contributed by atoms with Gasteiger partial charge in [0, 0.05) is 44.1 Å². The monoisotopic (exact) mass is 375 g/mol. The van der Waals surface area contributed by atoms with Gasteiger partial charge in [-0.25, -0.2) is 13.2 Å². The van der Waals surface area contributed by atoms with Gasteiger partial charge in [-0.2, -0.15) is 4.31 Å². The van der Waals surface area contributed by atoms with Crippen molar-refractivity contribution < 1.29 is 23.4 Å². The van der Waals surface area contributed by atoms with Crippen molar-refractivity contribution in [2.45, 2.75) is 17.2 Å². The molecular formula is C14H21N3O5S2. The quantitative estimate of drug-likeness (QED) is 0.630. The number of hydrogen-bond donors (Lipinski definition) is 3. The lowest BCUT2D eigenvalue weighted by molar-refractivity contribution is 0.0692. The molecule has 0 atom stereocenters. The van der Waals surface area contributed by atoms with Crippen LogP contribution in [0.25, 0.3) is 0 Å². The van der Waals surface area contributed by atoms with E-state index in [1.54, 1.807) is 0 Å². The van der Waals surface area contributed by atoms with Crippen LogP contribution in [0.3, 0.4) is 0 Å². The third-order valence-corrected chi connectivity index (χ3v) is 8.06. The number of nitrogens with zero attached hydrogens (tertiary/aromatic N) is 2. The van der Waals surface area contributed by atoms with Crippen LogP contribution in [0, 0.1) is 0 Å². The van der Waals surface area contributed by atoms with Gasteiger partial charge in [-0.3, -0.25) is 4.90 Å². The number of carboxylic acid groups (broad SMARTS) is 1. The van der Waals surface area contributed by atoms with Gasteiger partial charge >= 0.3 is 5.97 Å². The predicted molar refractivity (Wildman–Crippen MR) is 89.0 cm³/mol. The van der Waals surface area contributed by atoms with Crippen LogP contribution >= 0.6 is 11.3 Å². The van der Waals surface area contributed by atoms with Crippen molar-refractivity contribution >= 4 is 27.3 Å². The molecule has 24 heavy (non-hydrogen) atoms. The number of nitrogens with one attached hydrogen (secondary N) is 1. The summed E-state index contributed by atoms with van der Waals surface area (Å²) < 4.78 is 27.3. The van der Waals surface area contributed by atoms with E-state index in [4.69, 9.17) is 5.11 Å². The molecule has 1 saturated heterocycles. The summed E-state index contributed by atoms with van der Waals surface area (Å²) in [6.07, 6.45) is 0.535. The van der Waals surface area contributed by atoms with Crippen molar-refractivity contribution in [3.05, 3.63) is 16.0 Å². The Morgan fingerprint density at radius 1 is 1.25 bits per heavy atom. The average molecular weight is 375 g/mol. The largest absolute Gasteiger partial charge is 0.478 e. The number of β-amino-alcohol motifs (C(OH)–C–C–N with tert-alkyl or cyclic N) is 1. The van der Waals surface area contributed by atoms with Gasteiger partial charge in [0.25, 0.3) is 10.0 Å². The summed E-state index contributed by atoms with van der Waals surface area (Å²) in [7, 11) is -3.82. The van der Waals surface area contributed by atoms with E-state index in [1.165, 1.54) is 4.31 Å². The molecule has 0 unspecified atom stereocenters. The molecule has 0 saturated carbocycles. The van der Waals surface area contributed by atoms with Crippen molar-refractivity contribution in [1.29, 1.82) is 0 Å². The summed E-state index contributed by atoms with van der Waals surface area (Å²) in [6, 6.07) is 0. The number of aromatic carboxylic acids is 1. The fraction of sp³-hybridized carbons (Fsp3) is 0.643. The first kappa shape index (κ1) is 17.8. The van der Waals surface area contributed by atoms with Crippen LogP contribution in [-0.4, -0.2) is 79.7 Å². The maximum Gasteiger partial charge on any atom is 0.338 e. The molecule has 3 N–H and O–H groups in total. The van der Waals surface area contributed by atoms with Gasteiger partial charge in [0.15, 0.2) is 0 Å². The Bertz CT molecular complexity index is 723. The van der Waals surface area contributed by atoms with Crippen molar-refractivity contribution in [3.8, 4) is 0 Å². The van der Waals surface area contributed by atoms with Gasteiger partial charge in [0.1, 0.15) is 4.21 Å². The van der Waals surface area contributed by atoms with Crippen LogP contribution in [0.4, 0.5) is 0 Å². The fourth-order valence-electron chi connectivity index (χ4n) is 3.16. The summed E-state index contributed by atoms with van der Waals surface area (Å²) in [5, 5.41) is 21.7. The van der Waals surface area contributed by atoms with E-state index in [1.807, 2.05) is 4.90 Å². The number of hydrogen-bond acceptors (Lipinski definition) is 7. The van der Waals surface area contributed by atoms with Crippen molar-refractivity contribution in [2.24, 2.45) is 0 Å². The molecule has 2 aliphatic heterocycles. The Hall–Kier alpha value is -1.04. The third kappa shape index (κ3) is 3.22. The van der Waals surface area contributed by atoms with E-state index in [9.17, 15) is 18.3 Å². The number of rotatable bonds is 5. The summed E-state index contributed by atoms with van der Waals surface area (Å²) >= 11 is 1.08. The first-order valence-corrected chi connectivity index (χ1v) is 10.1. The molecule has 1 aromatic rings. The van der Waals surface area contributed by atoms with Crippen LogP contribution in [-0.2, 0) is 23.0 Å². The fourth-order valence-corrected chi connectivity index (χ4v) is 6.58. The summed E-state index contributed by atoms with van der Waals surface area (Å²) in [5.41, 5.74) is 0.609. The Morgan fingerprint density at radius 3 is 2.58 bits per heavy atom. The molecule has 0 amide bonds. The molecule has 8 nitrogen and oxygen atoms in total. The number of carbonyl (C=O) groups is 1. The highest BCUT2D eigenvalue weighted by molar-refractivity contribution is 7.91. The summed E-state index contributed by atoms with van der Waals surface area (Å²) in [6.45, 7) is 3.42. The first-order chi connectivity index (χ1) is 11.4. The van der Waals surface area contributed by atoms with Crippen molar-refractivity contribution in [3.63, 3.8) is 0 Å². The molecular weight excluding hydrogens is 354 g/mol. The second kappa shape index (κ2) is 7.06. The normalized spacial score (nSPS) is 20.0. The van der Waals surface area contributed by atoms with Crippen LogP contribution in [0.15, 0.2) is 4.21 Å². The SMILES string of the molecule is O=C(O)c1c(S(=O)(=O)N2CCN(CCO)CC2)sc2c1CCNC2. The second-order valence-corrected chi connectivity index (χ2v) is 9.11. The molecule has 0 spiro atoms. The Labute approximate surface area is 144 Å². The Balaban J connectivity index is 1.90. The summed E-state index contributed by atoms with van der Waals surface area (Å²) in [4.78, 5) is 14.5. The van der Waals surface area contributed by atoms with Crippen molar-refractivity contribution in [1.82, 2.24) is 14.5 Å². The standard InChI is InChI=1S/C14H21N3O5S2/c18-8-7-16-3-5-17(6-4-16)24(21,22)14-12(13(19)20)10-1-2-15-9-11(10)23-14/h15,18H,1-9H2,(H,19,20). The molecule has 0 bridgehead atoms. The predicted octanol–water partition coefficient (Wildman–Crippen LogP) is -0.609. The number of fused-ring (bicyclic) bond motifs is 1. The average Bonchev–Trinajstić information content (AvgIpc) is 2.96. The number of thiophene rings is 1. The molecule has 2 aliphatic rings. The number of aliphatic hydroxyl groups is 1. The minimum atomic E-state index is -3.82. The molecule has 134 valence electrons.